The van der Waals surface area contributed by atoms with Crippen molar-refractivity contribution in [3.8, 4) is 11.3 Å². The first kappa shape index (κ1) is 18.9. The van der Waals surface area contributed by atoms with Gasteiger partial charge in [0.15, 0.2) is 5.82 Å². The molecule has 0 radical (unpaired) electrons. The fourth-order valence-corrected chi connectivity index (χ4v) is 3.77. The van der Waals surface area contributed by atoms with Gasteiger partial charge in [0, 0.05) is 31.0 Å². The van der Waals surface area contributed by atoms with Gasteiger partial charge in [0.25, 0.3) is 5.56 Å². The summed E-state index contributed by atoms with van der Waals surface area (Å²) in [5, 5.41) is 16.7. The van der Waals surface area contributed by atoms with Crippen LogP contribution in [0.15, 0.2) is 35.4 Å². The molecule has 2 aromatic heterocycles. The van der Waals surface area contributed by atoms with Gasteiger partial charge in [-0.15, -0.1) is 0 Å². The van der Waals surface area contributed by atoms with E-state index in [1.165, 1.54) is 16.7 Å². The maximum Gasteiger partial charge on any atom is 0.326 e. The maximum absolute atomic E-state index is 13.7. The lowest BCUT2D eigenvalue weighted by Gasteiger charge is -2.15. The highest BCUT2D eigenvalue weighted by Crippen LogP contribution is 2.31. The van der Waals surface area contributed by atoms with Crippen molar-refractivity contribution in [2.45, 2.75) is 32.4 Å². The van der Waals surface area contributed by atoms with E-state index >= 15 is 0 Å². The van der Waals surface area contributed by atoms with Gasteiger partial charge in [-0.05, 0) is 43.0 Å². The number of carboxylic acids is 1. The molecule has 0 amide bonds. The van der Waals surface area contributed by atoms with Crippen molar-refractivity contribution in [3.05, 3.63) is 63.6 Å². The molecular weight excluding hydrogens is 377 g/mol. The van der Waals surface area contributed by atoms with Gasteiger partial charge >= 0.3 is 5.97 Å². The Hall–Kier alpha value is -3.49. The van der Waals surface area contributed by atoms with E-state index < -0.39 is 17.6 Å². The highest BCUT2D eigenvalue weighted by atomic mass is 19.1. The monoisotopic (exact) mass is 397 g/mol. The van der Waals surface area contributed by atoms with E-state index in [1.54, 1.807) is 31.0 Å². The molecule has 29 heavy (non-hydrogen) atoms. The minimum Gasteiger partial charge on any atom is -0.480 e. The van der Waals surface area contributed by atoms with Crippen LogP contribution in [0.2, 0.25) is 0 Å². The summed E-state index contributed by atoms with van der Waals surface area (Å²) >= 11 is 0. The van der Waals surface area contributed by atoms with Crippen LogP contribution in [0.1, 0.15) is 29.3 Å². The summed E-state index contributed by atoms with van der Waals surface area (Å²) in [4.78, 5) is 29.2. The van der Waals surface area contributed by atoms with E-state index in [4.69, 9.17) is 0 Å². The summed E-state index contributed by atoms with van der Waals surface area (Å²) in [6, 6.07) is 3.67. The maximum atomic E-state index is 13.7. The molecule has 4 rings (SSSR count). The molecule has 9 heteroatoms. The lowest BCUT2D eigenvalue weighted by atomic mass is 10.1. The van der Waals surface area contributed by atoms with Gasteiger partial charge in [-0.3, -0.25) is 14.0 Å². The van der Waals surface area contributed by atoms with Crippen molar-refractivity contribution in [3.63, 3.8) is 0 Å². The highest BCUT2D eigenvalue weighted by molar-refractivity contribution is 5.74. The van der Waals surface area contributed by atoms with E-state index in [9.17, 15) is 19.1 Å². The summed E-state index contributed by atoms with van der Waals surface area (Å²) < 4.78 is 16.6. The Morgan fingerprint density at radius 3 is 2.83 bits per heavy atom. The van der Waals surface area contributed by atoms with Crippen molar-refractivity contribution in [1.29, 1.82) is 0 Å². The number of aromatic nitrogens is 4. The summed E-state index contributed by atoms with van der Waals surface area (Å²) in [5.74, 6) is -1.38. The average Bonchev–Trinajstić information content (AvgIpc) is 3.27. The smallest absolute Gasteiger partial charge is 0.326 e. The molecule has 1 atom stereocenters. The third-order valence-corrected chi connectivity index (χ3v) is 5.00. The predicted molar refractivity (Wildman–Crippen MR) is 104 cm³/mol. The number of anilines is 1. The Labute approximate surface area is 165 Å². The number of rotatable bonds is 5. The number of hydrogen-bond donors (Lipinski definition) is 2. The zero-order valence-corrected chi connectivity index (χ0v) is 16.0. The Kier molecular flexibility index (Phi) is 4.65. The third kappa shape index (κ3) is 3.51. The van der Waals surface area contributed by atoms with Crippen LogP contribution < -0.4 is 10.9 Å². The zero-order valence-electron chi connectivity index (χ0n) is 16.0. The molecule has 8 nitrogen and oxygen atoms in total. The standard InChI is InChI=1S/C20H20FN5O3/c1-11-5-12(7-14(21)6-11)8-22-18-19(27)26-15(3-4-16(26)20(28)29)17(24-18)13-9-23-25(2)10-13/h5-7,9-10,16H,3-4,8H2,1-2H3,(H,22,24)(H,28,29)/t16-/m0/s1. The number of halogens is 1. The number of aryl methyl sites for hydroxylation is 2. The molecule has 1 aliphatic rings. The van der Waals surface area contributed by atoms with Crippen molar-refractivity contribution in [1.82, 2.24) is 19.3 Å². The van der Waals surface area contributed by atoms with Crippen molar-refractivity contribution in [2.24, 2.45) is 7.05 Å². The van der Waals surface area contributed by atoms with Gasteiger partial charge in [0.1, 0.15) is 11.9 Å². The Morgan fingerprint density at radius 1 is 1.38 bits per heavy atom. The minimum absolute atomic E-state index is 0.0302. The number of nitrogens with zero attached hydrogens (tertiary/aromatic N) is 4. The summed E-state index contributed by atoms with van der Waals surface area (Å²) in [5.41, 5.74) is 2.74. The van der Waals surface area contributed by atoms with Crippen LogP contribution in [0.4, 0.5) is 10.2 Å². The molecule has 3 aromatic rings. The van der Waals surface area contributed by atoms with Crippen LogP contribution in [0.3, 0.4) is 0 Å². The van der Waals surface area contributed by atoms with Crippen LogP contribution >= 0.6 is 0 Å². The highest BCUT2D eigenvalue weighted by Gasteiger charge is 2.33. The number of aliphatic carboxylic acids is 1. The Morgan fingerprint density at radius 2 is 2.17 bits per heavy atom. The van der Waals surface area contributed by atoms with Crippen LogP contribution in [0.25, 0.3) is 11.3 Å². The second kappa shape index (κ2) is 7.16. The largest absolute Gasteiger partial charge is 0.480 e. The van der Waals surface area contributed by atoms with E-state index in [2.05, 4.69) is 15.4 Å². The molecule has 0 saturated carbocycles. The zero-order chi connectivity index (χ0) is 20.7. The van der Waals surface area contributed by atoms with Gasteiger partial charge in [-0.25, -0.2) is 14.2 Å². The minimum atomic E-state index is -1.05. The Balaban J connectivity index is 1.78. The van der Waals surface area contributed by atoms with Crippen LogP contribution in [-0.4, -0.2) is 30.4 Å². The SMILES string of the molecule is Cc1cc(F)cc(CNc2nc(-c3cnn(C)c3)c3n(c2=O)[C@H](C(=O)O)CC3)c1. The molecule has 150 valence electrons. The molecule has 0 aliphatic carbocycles. The van der Waals surface area contributed by atoms with E-state index in [0.717, 1.165) is 5.56 Å². The summed E-state index contributed by atoms with van der Waals surface area (Å²) in [6.07, 6.45) is 4.15. The first-order chi connectivity index (χ1) is 13.8. The lowest BCUT2D eigenvalue weighted by Crippen LogP contribution is -2.31. The number of nitrogens with one attached hydrogen (secondary N) is 1. The van der Waals surface area contributed by atoms with Crippen LogP contribution in [0.5, 0.6) is 0 Å². The number of hydrogen-bond acceptors (Lipinski definition) is 5. The molecule has 0 saturated heterocycles. The van der Waals surface area contributed by atoms with E-state index in [0.29, 0.717) is 35.4 Å². The Bertz CT molecular complexity index is 1150. The average molecular weight is 397 g/mol. The van der Waals surface area contributed by atoms with Gasteiger partial charge in [-0.1, -0.05) is 6.07 Å². The molecule has 0 bridgehead atoms. The number of carbonyl (C=O) groups is 1. The normalized spacial score (nSPS) is 15.3. The molecular formula is C20H20FN5O3. The van der Waals surface area contributed by atoms with Crippen molar-refractivity contribution >= 4 is 11.8 Å². The molecule has 3 heterocycles. The van der Waals surface area contributed by atoms with Crippen LogP contribution in [0, 0.1) is 12.7 Å². The molecule has 2 N–H and O–H groups in total. The number of benzene rings is 1. The molecule has 0 fully saturated rings. The topological polar surface area (TPSA) is 102 Å². The van der Waals surface area contributed by atoms with Gasteiger partial charge in [0.05, 0.1) is 11.9 Å². The van der Waals surface area contributed by atoms with E-state index in [1.807, 2.05) is 6.07 Å². The number of fused-ring (bicyclic) bond motifs is 1. The molecule has 1 aromatic carbocycles. The fourth-order valence-electron chi connectivity index (χ4n) is 3.77. The predicted octanol–water partition coefficient (Wildman–Crippen LogP) is 2.28. The number of carboxylic acid groups (broad SMARTS) is 1. The molecule has 0 unspecified atom stereocenters. The van der Waals surface area contributed by atoms with Crippen LogP contribution in [-0.2, 0) is 24.8 Å². The van der Waals surface area contributed by atoms with Gasteiger partial charge in [-0.2, -0.15) is 5.10 Å². The lowest BCUT2D eigenvalue weighted by molar-refractivity contribution is -0.140. The molecule has 0 spiro atoms. The summed E-state index contributed by atoms with van der Waals surface area (Å²) in [7, 11) is 1.77. The van der Waals surface area contributed by atoms with Gasteiger partial charge in [0.2, 0.25) is 0 Å². The quantitative estimate of drug-likeness (QED) is 0.685. The molecule has 1 aliphatic heterocycles. The second-order valence-electron chi connectivity index (χ2n) is 7.22. The van der Waals surface area contributed by atoms with Gasteiger partial charge < -0.3 is 10.4 Å². The fraction of sp³-hybridized carbons (Fsp3) is 0.300. The first-order valence-corrected chi connectivity index (χ1v) is 9.20. The van der Waals surface area contributed by atoms with Crippen molar-refractivity contribution in [2.75, 3.05) is 5.32 Å². The second-order valence-corrected chi connectivity index (χ2v) is 7.22. The van der Waals surface area contributed by atoms with E-state index in [-0.39, 0.29) is 18.2 Å². The first-order valence-electron chi connectivity index (χ1n) is 9.20. The van der Waals surface area contributed by atoms with Crippen molar-refractivity contribution < 1.29 is 14.3 Å². The third-order valence-electron chi connectivity index (χ3n) is 5.00. The summed E-state index contributed by atoms with van der Waals surface area (Å²) in [6.45, 7) is 1.97.